The molecule has 1 N–H and O–H groups in total. The lowest BCUT2D eigenvalue weighted by Crippen LogP contribution is -2.34. The summed E-state index contributed by atoms with van der Waals surface area (Å²) in [5.74, 6) is -1.48. The van der Waals surface area contributed by atoms with Gasteiger partial charge in [-0.3, -0.25) is 4.79 Å². The van der Waals surface area contributed by atoms with Gasteiger partial charge in [-0.05, 0) is 41.4 Å². The Morgan fingerprint density at radius 2 is 2.19 bits per heavy atom. The van der Waals surface area contributed by atoms with E-state index in [0.717, 1.165) is 0 Å². The van der Waals surface area contributed by atoms with Crippen molar-refractivity contribution < 1.29 is 14.3 Å². The molecule has 0 radical (unpaired) electrons. The molecule has 0 aromatic heterocycles. The van der Waals surface area contributed by atoms with Gasteiger partial charge in [0.05, 0.1) is 10.6 Å². The largest absolute Gasteiger partial charge is 0.382 e. The molecule has 0 aliphatic heterocycles. The van der Waals surface area contributed by atoms with E-state index in [2.05, 4.69) is 15.9 Å². The number of rotatable bonds is 3. The molecule has 0 spiro atoms. The van der Waals surface area contributed by atoms with Gasteiger partial charge in [-0.1, -0.05) is 18.5 Å². The zero-order valence-electron chi connectivity index (χ0n) is 8.85. The molecular formula is C11H11BrClFO2. The smallest absolute Gasteiger partial charge is 0.197 e. The van der Waals surface area contributed by atoms with Crippen molar-refractivity contribution in [2.45, 2.75) is 25.9 Å². The van der Waals surface area contributed by atoms with Crippen LogP contribution in [0.4, 0.5) is 4.39 Å². The van der Waals surface area contributed by atoms with Gasteiger partial charge < -0.3 is 5.11 Å². The van der Waals surface area contributed by atoms with E-state index < -0.39 is 17.2 Å². The van der Waals surface area contributed by atoms with Crippen molar-refractivity contribution in [1.82, 2.24) is 0 Å². The molecule has 1 unspecified atom stereocenters. The van der Waals surface area contributed by atoms with Crippen molar-refractivity contribution in [2.24, 2.45) is 0 Å². The van der Waals surface area contributed by atoms with Gasteiger partial charge >= 0.3 is 0 Å². The van der Waals surface area contributed by atoms with Crippen LogP contribution in [0.2, 0.25) is 5.02 Å². The number of carbonyl (C=O) groups excluding carboxylic acids is 1. The third-order valence-corrected chi connectivity index (χ3v) is 3.72. The van der Waals surface area contributed by atoms with Gasteiger partial charge in [0.25, 0.3) is 0 Å². The second-order valence-electron chi connectivity index (χ2n) is 3.68. The molecule has 0 aliphatic carbocycles. The summed E-state index contributed by atoms with van der Waals surface area (Å²) in [5.41, 5.74) is -1.77. The number of carbonyl (C=O) groups is 1. The van der Waals surface area contributed by atoms with Crippen LogP contribution in [0.25, 0.3) is 0 Å². The third kappa shape index (κ3) is 2.44. The summed E-state index contributed by atoms with van der Waals surface area (Å²) < 4.78 is 14.1. The number of Topliss-reactive ketones (excluding diaryl/α,β-unsaturated/α-hetero) is 1. The lowest BCUT2D eigenvalue weighted by Gasteiger charge is -2.20. The van der Waals surface area contributed by atoms with Gasteiger partial charge in [0.15, 0.2) is 11.6 Å². The lowest BCUT2D eigenvalue weighted by atomic mass is 9.92. The van der Waals surface area contributed by atoms with Crippen molar-refractivity contribution in [3.05, 3.63) is 33.0 Å². The molecular weight excluding hydrogens is 298 g/mol. The van der Waals surface area contributed by atoms with Gasteiger partial charge in [0, 0.05) is 4.47 Å². The number of aliphatic hydroxyl groups is 1. The molecule has 0 bridgehead atoms. The van der Waals surface area contributed by atoms with E-state index in [1.165, 1.54) is 19.1 Å². The first-order valence-corrected chi connectivity index (χ1v) is 5.89. The Morgan fingerprint density at radius 3 is 2.69 bits per heavy atom. The van der Waals surface area contributed by atoms with Crippen LogP contribution in [0.3, 0.4) is 0 Å². The van der Waals surface area contributed by atoms with Crippen LogP contribution < -0.4 is 0 Å². The zero-order valence-corrected chi connectivity index (χ0v) is 11.2. The van der Waals surface area contributed by atoms with Crippen LogP contribution in [-0.2, 0) is 0 Å². The SMILES string of the molecule is CCC(C)(O)C(=O)c1ccc(Br)c(Cl)c1F. The second-order valence-corrected chi connectivity index (χ2v) is 4.91. The Labute approximate surface area is 107 Å². The summed E-state index contributed by atoms with van der Waals surface area (Å²) in [6.45, 7) is 3.00. The van der Waals surface area contributed by atoms with Gasteiger partial charge in [0.1, 0.15) is 5.60 Å². The van der Waals surface area contributed by atoms with E-state index in [1.54, 1.807) is 6.92 Å². The normalized spacial score (nSPS) is 14.6. The molecule has 0 heterocycles. The van der Waals surface area contributed by atoms with Gasteiger partial charge in [0.2, 0.25) is 0 Å². The molecule has 2 nitrogen and oxygen atoms in total. The highest BCUT2D eigenvalue weighted by atomic mass is 79.9. The van der Waals surface area contributed by atoms with E-state index in [4.69, 9.17) is 11.6 Å². The Kier molecular flexibility index (Phi) is 4.10. The van der Waals surface area contributed by atoms with Crippen LogP contribution in [0.1, 0.15) is 30.6 Å². The third-order valence-electron chi connectivity index (χ3n) is 2.46. The fourth-order valence-corrected chi connectivity index (χ4v) is 1.62. The molecule has 88 valence electrons. The minimum Gasteiger partial charge on any atom is -0.382 e. The fraction of sp³-hybridized carbons (Fsp3) is 0.364. The molecule has 0 saturated heterocycles. The molecule has 1 rings (SSSR count). The predicted molar refractivity (Wildman–Crippen MR) is 64.4 cm³/mol. The first kappa shape index (κ1) is 13.6. The summed E-state index contributed by atoms with van der Waals surface area (Å²) in [7, 11) is 0. The topological polar surface area (TPSA) is 37.3 Å². The molecule has 5 heteroatoms. The highest BCUT2D eigenvalue weighted by Crippen LogP contribution is 2.29. The Bertz CT molecular complexity index is 432. The van der Waals surface area contributed by atoms with Gasteiger partial charge in [-0.15, -0.1) is 0 Å². The Hall–Kier alpha value is -0.450. The number of hydrogen-bond donors (Lipinski definition) is 1. The first-order valence-electron chi connectivity index (χ1n) is 4.72. The summed E-state index contributed by atoms with van der Waals surface area (Å²) in [6, 6.07) is 2.78. The standard InChI is InChI=1S/C11H11BrClFO2/c1-3-11(2,16)10(15)6-4-5-7(12)8(13)9(6)14/h4-5,16H,3H2,1-2H3. The maximum absolute atomic E-state index is 13.7. The average molecular weight is 310 g/mol. The number of halogens is 3. The van der Waals surface area contributed by atoms with E-state index in [1.807, 2.05) is 0 Å². The Balaban J connectivity index is 3.26. The fourth-order valence-electron chi connectivity index (χ4n) is 1.15. The van der Waals surface area contributed by atoms with Crippen molar-refractivity contribution in [3.63, 3.8) is 0 Å². The van der Waals surface area contributed by atoms with E-state index >= 15 is 0 Å². The van der Waals surface area contributed by atoms with Crippen LogP contribution in [-0.4, -0.2) is 16.5 Å². The number of ketones is 1. The monoisotopic (exact) mass is 308 g/mol. The molecule has 1 aromatic carbocycles. The number of benzene rings is 1. The summed E-state index contributed by atoms with van der Waals surface area (Å²) in [4.78, 5) is 11.8. The summed E-state index contributed by atoms with van der Waals surface area (Å²) in [6.07, 6.45) is 0.207. The maximum atomic E-state index is 13.7. The number of hydrogen-bond acceptors (Lipinski definition) is 2. The zero-order chi connectivity index (χ0) is 12.5. The predicted octanol–water partition coefficient (Wildman–Crippen LogP) is 3.59. The van der Waals surface area contributed by atoms with Crippen molar-refractivity contribution in [1.29, 1.82) is 0 Å². The molecule has 0 saturated carbocycles. The average Bonchev–Trinajstić information content (AvgIpc) is 2.25. The molecule has 0 aliphatic rings. The first-order chi connectivity index (χ1) is 7.31. The molecule has 0 amide bonds. The molecule has 1 aromatic rings. The van der Waals surface area contributed by atoms with Crippen LogP contribution >= 0.6 is 27.5 Å². The second kappa shape index (κ2) is 4.82. The lowest BCUT2D eigenvalue weighted by molar-refractivity contribution is 0.0386. The van der Waals surface area contributed by atoms with Crippen LogP contribution in [0.5, 0.6) is 0 Å². The van der Waals surface area contributed by atoms with Crippen molar-refractivity contribution in [2.75, 3.05) is 0 Å². The quantitative estimate of drug-likeness (QED) is 0.684. The summed E-state index contributed by atoms with van der Waals surface area (Å²) in [5, 5.41) is 9.60. The Morgan fingerprint density at radius 1 is 1.62 bits per heavy atom. The van der Waals surface area contributed by atoms with Crippen LogP contribution in [0, 0.1) is 5.82 Å². The van der Waals surface area contributed by atoms with E-state index in [9.17, 15) is 14.3 Å². The molecule has 16 heavy (non-hydrogen) atoms. The van der Waals surface area contributed by atoms with Crippen molar-refractivity contribution >= 4 is 33.3 Å². The van der Waals surface area contributed by atoms with Crippen LogP contribution in [0.15, 0.2) is 16.6 Å². The van der Waals surface area contributed by atoms with Gasteiger partial charge in [-0.2, -0.15) is 0 Å². The van der Waals surface area contributed by atoms with Crippen molar-refractivity contribution in [3.8, 4) is 0 Å². The minimum absolute atomic E-state index is 0.155. The minimum atomic E-state index is -1.57. The van der Waals surface area contributed by atoms with E-state index in [0.29, 0.717) is 4.47 Å². The highest BCUT2D eigenvalue weighted by Gasteiger charge is 2.31. The van der Waals surface area contributed by atoms with E-state index in [-0.39, 0.29) is 17.0 Å². The maximum Gasteiger partial charge on any atom is 0.197 e. The summed E-state index contributed by atoms with van der Waals surface area (Å²) >= 11 is 8.72. The van der Waals surface area contributed by atoms with Gasteiger partial charge in [-0.25, -0.2) is 4.39 Å². The molecule has 1 atom stereocenters. The highest BCUT2D eigenvalue weighted by molar-refractivity contribution is 9.10. The molecule has 0 fully saturated rings.